The topological polar surface area (TPSA) is 49.3 Å². The Hall–Kier alpha value is -2.64. The number of anilines is 1. The fraction of sp³-hybridized carbons (Fsp3) is 0.389. The largest absolute Gasteiger partial charge is 0.416 e. The van der Waals surface area contributed by atoms with Crippen molar-refractivity contribution in [2.45, 2.75) is 19.5 Å². The monoisotopic (exact) mass is 364 g/mol. The van der Waals surface area contributed by atoms with Gasteiger partial charge in [0.15, 0.2) is 0 Å². The van der Waals surface area contributed by atoms with Gasteiger partial charge in [0, 0.05) is 44.8 Å². The standard InChI is InChI=1S/C18H19F3N4O/c1-13-9-14(12-22-11-13)17(26)25-6-2-5-24(7-8-25)16-10-15(3-4-23-16)18(19,20)21/h3-4,9-12H,2,5-8H2,1H3. The van der Waals surface area contributed by atoms with E-state index in [4.69, 9.17) is 0 Å². The van der Waals surface area contributed by atoms with Crippen LogP contribution in [0.4, 0.5) is 19.0 Å². The van der Waals surface area contributed by atoms with E-state index >= 15 is 0 Å². The molecule has 0 aliphatic carbocycles. The van der Waals surface area contributed by atoms with Crippen molar-refractivity contribution in [1.82, 2.24) is 14.9 Å². The first-order valence-electron chi connectivity index (χ1n) is 8.34. The van der Waals surface area contributed by atoms with Crippen LogP contribution in [0.25, 0.3) is 0 Å². The Morgan fingerprint density at radius 2 is 1.92 bits per heavy atom. The summed E-state index contributed by atoms with van der Waals surface area (Å²) >= 11 is 0. The minimum absolute atomic E-state index is 0.111. The van der Waals surface area contributed by atoms with Gasteiger partial charge in [-0.15, -0.1) is 0 Å². The summed E-state index contributed by atoms with van der Waals surface area (Å²) in [7, 11) is 0. The minimum Gasteiger partial charge on any atom is -0.355 e. The minimum atomic E-state index is -4.40. The molecular formula is C18H19F3N4O. The van der Waals surface area contributed by atoms with Crippen LogP contribution in [0.3, 0.4) is 0 Å². The second kappa shape index (κ2) is 7.31. The molecule has 8 heteroatoms. The molecule has 0 aromatic carbocycles. The van der Waals surface area contributed by atoms with Crippen LogP contribution in [0.1, 0.15) is 27.9 Å². The van der Waals surface area contributed by atoms with Crippen molar-refractivity contribution in [1.29, 1.82) is 0 Å². The Morgan fingerprint density at radius 1 is 1.12 bits per heavy atom. The molecule has 1 aliphatic heterocycles. The van der Waals surface area contributed by atoms with E-state index in [-0.39, 0.29) is 11.7 Å². The summed E-state index contributed by atoms with van der Waals surface area (Å²) in [4.78, 5) is 24.3. The first-order valence-corrected chi connectivity index (χ1v) is 8.34. The summed E-state index contributed by atoms with van der Waals surface area (Å²) < 4.78 is 38.7. The molecule has 3 rings (SSSR count). The Morgan fingerprint density at radius 3 is 2.65 bits per heavy atom. The number of aromatic nitrogens is 2. The lowest BCUT2D eigenvalue weighted by Crippen LogP contribution is -2.35. The fourth-order valence-electron chi connectivity index (χ4n) is 2.97. The van der Waals surface area contributed by atoms with Crippen LogP contribution in [0.2, 0.25) is 0 Å². The third kappa shape index (κ3) is 4.12. The van der Waals surface area contributed by atoms with Gasteiger partial charge in [0.1, 0.15) is 5.82 Å². The molecule has 3 heterocycles. The highest BCUT2D eigenvalue weighted by molar-refractivity contribution is 5.94. The van der Waals surface area contributed by atoms with E-state index in [0.717, 1.165) is 17.7 Å². The summed E-state index contributed by atoms with van der Waals surface area (Å²) in [6.07, 6.45) is 0.642. The molecular weight excluding hydrogens is 345 g/mol. The van der Waals surface area contributed by atoms with E-state index < -0.39 is 11.7 Å². The summed E-state index contributed by atoms with van der Waals surface area (Å²) in [5.41, 5.74) is 0.710. The second-order valence-electron chi connectivity index (χ2n) is 6.28. The van der Waals surface area contributed by atoms with Crippen LogP contribution in [0, 0.1) is 6.92 Å². The summed E-state index contributed by atoms with van der Waals surface area (Å²) in [6.45, 7) is 3.81. The van der Waals surface area contributed by atoms with E-state index in [1.807, 2.05) is 6.92 Å². The molecule has 2 aromatic heterocycles. The van der Waals surface area contributed by atoms with Gasteiger partial charge in [-0.2, -0.15) is 13.2 Å². The number of rotatable bonds is 2. The third-order valence-electron chi connectivity index (χ3n) is 4.30. The molecule has 5 nitrogen and oxygen atoms in total. The molecule has 1 aliphatic rings. The van der Waals surface area contributed by atoms with Crippen molar-refractivity contribution in [2.75, 3.05) is 31.1 Å². The van der Waals surface area contributed by atoms with Crippen molar-refractivity contribution in [3.8, 4) is 0 Å². The lowest BCUT2D eigenvalue weighted by atomic mass is 10.2. The number of carbonyl (C=O) groups is 1. The molecule has 0 radical (unpaired) electrons. The van der Waals surface area contributed by atoms with Crippen molar-refractivity contribution < 1.29 is 18.0 Å². The number of amides is 1. The molecule has 0 bridgehead atoms. The number of halogens is 3. The third-order valence-corrected chi connectivity index (χ3v) is 4.30. The zero-order chi connectivity index (χ0) is 18.7. The van der Waals surface area contributed by atoms with Gasteiger partial charge >= 0.3 is 6.18 Å². The summed E-state index contributed by atoms with van der Waals surface area (Å²) in [6, 6.07) is 3.80. The van der Waals surface area contributed by atoms with Crippen molar-refractivity contribution >= 4 is 11.7 Å². The maximum Gasteiger partial charge on any atom is 0.416 e. The highest BCUT2D eigenvalue weighted by Crippen LogP contribution is 2.30. The molecule has 2 aromatic rings. The van der Waals surface area contributed by atoms with Gasteiger partial charge in [0.05, 0.1) is 11.1 Å². The Labute approximate surface area is 149 Å². The zero-order valence-corrected chi connectivity index (χ0v) is 14.3. The first kappa shape index (κ1) is 18.2. The summed E-state index contributed by atoms with van der Waals surface area (Å²) in [5.74, 6) is 0.173. The van der Waals surface area contributed by atoms with Crippen LogP contribution in [-0.2, 0) is 6.18 Å². The second-order valence-corrected chi connectivity index (χ2v) is 6.28. The molecule has 1 fully saturated rings. The molecule has 138 valence electrons. The van der Waals surface area contributed by atoms with Gasteiger partial charge in [0.2, 0.25) is 0 Å². The van der Waals surface area contributed by atoms with Crippen molar-refractivity contribution in [3.05, 3.63) is 53.5 Å². The average Bonchev–Trinajstić information content (AvgIpc) is 2.87. The predicted molar refractivity (Wildman–Crippen MR) is 90.9 cm³/mol. The van der Waals surface area contributed by atoms with Crippen molar-refractivity contribution in [3.63, 3.8) is 0 Å². The number of carbonyl (C=O) groups excluding carboxylic acids is 1. The van der Waals surface area contributed by atoms with E-state index in [2.05, 4.69) is 9.97 Å². The van der Waals surface area contributed by atoms with Gasteiger partial charge in [-0.1, -0.05) is 0 Å². The van der Waals surface area contributed by atoms with Crippen LogP contribution in [0.5, 0.6) is 0 Å². The number of nitrogens with zero attached hydrogens (tertiary/aromatic N) is 4. The maximum absolute atomic E-state index is 12.9. The van der Waals surface area contributed by atoms with Gasteiger partial charge in [0.25, 0.3) is 5.91 Å². The van der Waals surface area contributed by atoms with Gasteiger partial charge in [-0.25, -0.2) is 4.98 Å². The Balaban J connectivity index is 1.72. The van der Waals surface area contributed by atoms with Gasteiger partial charge < -0.3 is 9.80 Å². The number of hydrogen-bond acceptors (Lipinski definition) is 4. The first-order chi connectivity index (χ1) is 12.3. The highest BCUT2D eigenvalue weighted by Gasteiger charge is 2.31. The van der Waals surface area contributed by atoms with E-state index in [1.165, 1.54) is 12.4 Å². The number of aryl methyl sites for hydroxylation is 1. The molecule has 0 N–H and O–H groups in total. The fourth-order valence-corrected chi connectivity index (χ4v) is 2.97. The van der Waals surface area contributed by atoms with E-state index in [0.29, 0.717) is 38.2 Å². The van der Waals surface area contributed by atoms with Crippen LogP contribution >= 0.6 is 0 Å². The predicted octanol–water partition coefficient (Wildman–Crippen LogP) is 3.16. The molecule has 0 unspecified atom stereocenters. The SMILES string of the molecule is Cc1cncc(C(=O)N2CCCN(c3cc(C(F)(F)F)ccn3)CC2)c1. The van der Waals surface area contributed by atoms with E-state index in [1.54, 1.807) is 22.1 Å². The Kier molecular flexibility index (Phi) is 5.11. The average molecular weight is 364 g/mol. The lowest BCUT2D eigenvalue weighted by molar-refractivity contribution is -0.137. The van der Waals surface area contributed by atoms with E-state index in [9.17, 15) is 18.0 Å². The smallest absolute Gasteiger partial charge is 0.355 e. The number of hydrogen-bond donors (Lipinski definition) is 0. The highest BCUT2D eigenvalue weighted by atomic mass is 19.4. The maximum atomic E-state index is 12.9. The van der Waals surface area contributed by atoms with Crippen LogP contribution in [-0.4, -0.2) is 47.0 Å². The zero-order valence-electron chi connectivity index (χ0n) is 14.3. The molecule has 1 amide bonds. The van der Waals surface area contributed by atoms with Crippen LogP contribution in [0.15, 0.2) is 36.8 Å². The van der Waals surface area contributed by atoms with Gasteiger partial charge in [-0.3, -0.25) is 9.78 Å². The molecule has 1 saturated heterocycles. The molecule has 26 heavy (non-hydrogen) atoms. The quantitative estimate of drug-likeness (QED) is 0.821. The van der Waals surface area contributed by atoms with Crippen molar-refractivity contribution in [2.24, 2.45) is 0 Å². The Bertz CT molecular complexity index is 794. The van der Waals surface area contributed by atoms with Gasteiger partial charge in [-0.05, 0) is 37.1 Å². The number of pyridine rings is 2. The molecule has 0 atom stereocenters. The molecule has 0 saturated carbocycles. The lowest BCUT2D eigenvalue weighted by Gasteiger charge is -2.23. The normalized spacial score (nSPS) is 15.7. The number of alkyl halides is 3. The summed E-state index contributed by atoms with van der Waals surface area (Å²) in [5, 5.41) is 0. The molecule has 0 spiro atoms. The van der Waals surface area contributed by atoms with Crippen LogP contribution < -0.4 is 4.90 Å².